The highest BCUT2D eigenvalue weighted by molar-refractivity contribution is 6.00. The first-order valence-electron chi connectivity index (χ1n) is 10.2. The zero-order chi connectivity index (χ0) is 21.4. The number of benzene rings is 1. The number of carbonyl (C=O) groups excluding carboxylic acids is 1. The van der Waals surface area contributed by atoms with Crippen molar-refractivity contribution in [3.63, 3.8) is 0 Å². The first-order valence-corrected chi connectivity index (χ1v) is 10.2. The Morgan fingerprint density at radius 1 is 1.40 bits per heavy atom. The summed E-state index contributed by atoms with van der Waals surface area (Å²) in [7, 11) is 1.86. The van der Waals surface area contributed by atoms with Gasteiger partial charge in [0.1, 0.15) is 6.10 Å². The lowest BCUT2D eigenvalue weighted by Crippen LogP contribution is -2.38. The number of nitrogens with zero attached hydrogens (tertiary/aromatic N) is 3. The number of hydrogen-bond donors (Lipinski definition) is 1. The van der Waals surface area contributed by atoms with Crippen LogP contribution >= 0.6 is 0 Å². The molecule has 1 N–H and O–H groups in total. The molecule has 1 aromatic heterocycles. The Hall–Kier alpha value is -2.43. The van der Waals surface area contributed by atoms with Crippen LogP contribution in [0.5, 0.6) is 0 Å². The van der Waals surface area contributed by atoms with Crippen molar-refractivity contribution in [2.24, 2.45) is 0 Å². The summed E-state index contributed by atoms with van der Waals surface area (Å²) in [4.78, 5) is 15.5. The third-order valence-electron chi connectivity index (χ3n) is 5.47. The van der Waals surface area contributed by atoms with Crippen molar-refractivity contribution in [3.8, 4) is 0 Å². The summed E-state index contributed by atoms with van der Waals surface area (Å²) in [6.45, 7) is 8.08. The van der Waals surface area contributed by atoms with Gasteiger partial charge in [0.25, 0.3) is 0 Å². The van der Waals surface area contributed by atoms with E-state index in [9.17, 15) is 4.79 Å². The largest absolute Gasteiger partial charge is 0.444 e. The molecule has 3 heterocycles. The smallest absolute Gasteiger partial charge is 0.416 e. The molecule has 2 atom stereocenters. The first kappa shape index (κ1) is 20.8. The number of halogens is 1. The van der Waals surface area contributed by atoms with Crippen molar-refractivity contribution >= 4 is 28.6 Å². The molecule has 1 aromatic carbocycles. The quantitative estimate of drug-likeness (QED) is 0.729. The summed E-state index contributed by atoms with van der Waals surface area (Å²) in [5.41, 5.74) is 0.899. The number of fused-ring (bicyclic) bond motifs is 1. The van der Waals surface area contributed by atoms with Crippen LogP contribution in [-0.2, 0) is 14.2 Å². The zero-order valence-electron chi connectivity index (χ0n) is 17.6. The minimum Gasteiger partial charge on any atom is -0.444 e. The van der Waals surface area contributed by atoms with Crippen LogP contribution in [0, 0.1) is 5.82 Å². The van der Waals surface area contributed by atoms with Gasteiger partial charge in [0.2, 0.25) is 5.58 Å². The molecule has 1 amide bonds. The van der Waals surface area contributed by atoms with Crippen LogP contribution in [0.3, 0.4) is 0 Å². The monoisotopic (exact) mass is 422 g/mol. The number of aromatic nitrogens is 1. The van der Waals surface area contributed by atoms with E-state index in [0.717, 1.165) is 0 Å². The molecule has 2 aromatic rings. The first-order chi connectivity index (χ1) is 14.4. The Bertz CT molecular complexity index is 930. The van der Waals surface area contributed by atoms with Crippen LogP contribution in [-0.4, -0.2) is 63.3 Å². The second kappa shape index (κ2) is 8.37. The Kier molecular flexibility index (Phi) is 5.81. The van der Waals surface area contributed by atoms with E-state index in [0.29, 0.717) is 49.5 Å². The fourth-order valence-electron chi connectivity index (χ4n) is 3.85. The van der Waals surface area contributed by atoms with Gasteiger partial charge >= 0.3 is 6.09 Å². The molecule has 2 unspecified atom stereocenters. The molecule has 0 saturated carbocycles. The molecule has 0 aliphatic carbocycles. The summed E-state index contributed by atoms with van der Waals surface area (Å²) in [6.07, 6.45) is -1.52. The van der Waals surface area contributed by atoms with Crippen LogP contribution in [0.15, 0.2) is 10.6 Å². The molecular formula is C20H27FN4O5. The fourth-order valence-corrected chi connectivity index (χ4v) is 3.85. The third kappa shape index (κ3) is 3.59. The normalized spacial score (nSPS) is 20.9. The molecule has 0 bridgehead atoms. The van der Waals surface area contributed by atoms with E-state index in [-0.39, 0.29) is 23.5 Å². The van der Waals surface area contributed by atoms with Gasteiger partial charge < -0.3 is 29.0 Å². The molecule has 164 valence electrons. The predicted molar refractivity (Wildman–Crippen MR) is 108 cm³/mol. The lowest BCUT2D eigenvalue weighted by atomic mass is 10.1. The van der Waals surface area contributed by atoms with E-state index >= 15 is 4.39 Å². The zero-order valence-corrected chi connectivity index (χ0v) is 17.6. The van der Waals surface area contributed by atoms with Gasteiger partial charge in [-0.05, 0) is 33.9 Å². The van der Waals surface area contributed by atoms with Crippen molar-refractivity contribution in [1.82, 2.24) is 10.5 Å². The number of cyclic esters (lactones) is 1. The van der Waals surface area contributed by atoms with Crippen LogP contribution in [0.4, 0.5) is 20.7 Å². The molecular weight excluding hydrogens is 395 g/mol. The maximum atomic E-state index is 15.8. The number of anilines is 2. The number of carbonyl (C=O) groups is 1. The molecule has 2 aliphatic rings. The van der Waals surface area contributed by atoms with E-state index in [1.165, 1.54) is 4.90 Å². The van der Waals surface area contributed by atoms with E-state index in [1.807, 2.05) is 25.8 Å². The minimum absolute atomic E-state index is 0.00957. The minimum atomic E-state index is -0.704. The van der Waals surface area contributed by atoms with Gasteiger partial charge in [-0.1, -0.05) is 5.16 Å². The van der Waals surface area contributed by atoms with Crippen molar-refractivity contribution < 1.29 is 27.9 Å². The highest BCUT2D eigenvalue weighted by Gasteiger charge is 2.36. The molecule has 0 spiro atoms. The van der Waals surface area contributed by atoms with Crippen LogP contribution < -0.4 is 15.1 Å². The van der Waals surface area contributed by atoms with Crippen molar-refractivity contribution in [2.75, 3.05) is 49.7 Å². The van der Waals surface area contributed by atoms with E-state index < -0.39 is 18.2 Å². The lowest BCUT2D eigenvalue weighted by molar-refractivity contribution is -0.0438. The average molecular weight is 422 g/mol. The molecule has 2 fully saturated rings. The lowest BCUT2D eigenvalue weighted by Gasteiger charge is -2.30. The van der Waals surface area contributed by atoms with Crippen molar-refractivity contribution in [1.29, 1.82) is 0 Å². The van der Waals surface area contributed by atoms with Gasteiger partial charge in [-0.25, -0.2) is 9.18 Å². The Labute approximate surface area is 174 Å². The van der Waals surface area contributed by atoms with E-state index in [2.05, 4.69) is 10.5 Å². The summed E-state index contributed by atoms with van der Waals surface area (Å²) < 4.78 is 37.8. The Morgan fingerprint density at radius 2 is 2.13 bits per heavy atom. The van der Waals surface area contributed by atoms with Gasteiger partial charge in [-0.15, -0.1) is 0 Å². The maximum absolute atomic E-state index is 15.8. The molecule has 30 heavy (non-hydrogen) atoms. The summed E-state index contributed by atoms with van der Waals surface area (Å²) in [5.74, 6) is -0.318. The number of ether oxygens (including phenoxy) is 3. The van der Waals surface area contributed by atoms with Gasteiger partial charge in [-0.3, -0.25) is 4.90 Å². The average Bonchev–Trinajstić information content (AvgIpc) is 3.46. The number of rotatable bonds is 7. The van der Waals surface area contributed by atoms with Gasteiger partial charge in [0.15, 0.2) is 17.9 Å². The number of hydrogen-bond acceptors (Lipinski definition) is 8. The second-order valence-corrected chi connectivity index (χ2v) is 7.62. The van der Waals surface area contributed by atoms with E-state index in [4.69, 9.17) is 18.7 Å². The predicted octanol–water partition coefficient (Wildman–Crippen LogP) is 2.79. The standard InChI is InChI=1S/C20H27FN4O5/c1-5-24(9-11(2)22-4)16-13(19-27-6-7-28-19)8-14-17(15(16)21)30-23-18(14)25-10-12(3)29-20(25)26/h8,11-12,19,22H,5-7,9-10H2,1-4H3. The third-order valence-corrected chi connectivity index (χ3v) is 5.47. The van der Waals surface area contributed by atoms with Crippen molar-refractivity contribution in [2.45, 2.75) is 39.2 Å². The summed E-state index contributed by atoms with van der Waals surface area (Å²) in [5, 5.41) is 7.55. The highest BCUT2D eigenvalue weighted by atomic mass is 19.1. The number of likely N-dealkylation sites (N-methyl/N-ethyl adjacent to an activating group) is 2. The Balaban J connectivity index is 1.85. The fraction of sp³-hybridized carbons (Fsp3) is 0.600. The molecule has 0 radical (unpaired) electrons. The van der Waals surface area contributed by atoms with Crippen LogP contribution in [0.1, 0.15) is 32.6 Å². The number of amides is 1. The van der Waals surface area contributed by atoms with Crippen molar-refractivity contribution in [3.05, 3.63) is 17.4 Å². The number of nitrogens with one attached hydrogen (secondary N) is 1. The summed E-state index contributed by atoms with van der Waals surface area (Å²) >= 11 is 0. The van der Waals surface area contributed by atoms with Gasteiger partial charge in [0.05, 0.1) is 30.8 Å². The SMILES string of the molecule is CCN(CC(C)NC)c1c(C2OCCO2)cc2c(N3CC(C)OC3=O)noc2c1F. The van der Waals surface area contributed by atoms with E-state index in [1.54, 1.807) is 13.0 Å². The molecule has 10 heteroatoms. The second-order valence-electron chi connectivity index (χ2n) is 7.62. The maximum Gasteiger partial charge on any atom is 0.416 e. The molecule has 9 nitrogen and oxygen atoms in total. The molecule has 4 rings (SSSR count). The molecule has 2 saturated heterocycles. The molecule has 2 aliphatic heterocycles. The van der Waals surface area contributed by atoms with Gasteiger partial charge in [0, 0.05) is 24.7 Å². The van der Waals surface area contributed by atoms with Crippen LogP contribution in [0.25, 0.3) is 11.0 Å². The topological polar surface area (TPSA) is 89.3 Å². The highest BCUT2D eigenvalue weighted by Crippen LogP contribution is 2.41. The Morgan fingerprint density at radius 3 is 2.73 bits per heavy atom. The van der Waals surface area contributed by atoms with Gasteiger partial charge in [-0.2, -0.15) is 0 Å². The van der Waals surface area contributed by atoms with Crippen LogP contribution in [0.2, 0.25) is 0 Å². The summed E-state index contributed by atoms with van der Waals surface area (Å²) in [6, 6.07) is 1.88.